The minimum Gasteiger partial charge on any atom is -0.310 e. The van der Waals surface area contributed by atoms with E-state index in [4.69, 9.17) is 0 Å². The maximum atomic E-state index is 2.57. The van der Waals surface area contributed by atoms with Gasteiger partial charge in [0.2, 0.25) is 13.4 Å². The Balaban J connectivity index is 1.18. The maximum Gasteiger partial charge on any atom is 0.247 e. The Morgan fingerprint density at radius 2 is 0.724 bits per heavy atom. The number of rotatable bonds is 3. The van der Waals surface area contributed by atoms with Crippen LogP contribution in [0.4, 0.5) is 0 Å². The maximum absolute atomic E-state index is 2.57. The molecule has 58 heavy (non-hydrogen) atoms. The third-order valence-corrected chi connectivity index (χ3v) is 13.6. The van der Waals surface area contributed by atoms with Gasteiger partial charge in [0.05, 0.1) is 11.0 Å². The highest BCUT2D eigenvalue weighted by atomic mass is 15.0. The molecule has 0 fully saturated rings. The van der Waals surface area contributed by atoms with Gasteiger partial charge in [0.25, 0.3) is 0 Å². The molecule has 274 valence electrons. The van der Waals surface area contributed by atoms with E-state index in [-0.39, 0.29) is 13.4 Å². The summed E-state index contributed by atoms with van der Waals surface area (Å²) in [5.41, 5.74) is 26.7. The van der Waals surface area contributed by atoms with Crippen molar-refractivity contribution in [1.82, 2.24) is 9.13 Å². The van der Waals surface area contributed by atoms with E-state index in [9.17, 15) is 0 Å². The molecule has 2 aliphatic rings. The quantitative estimate of drug-likeness (QED) is 0.160. The summed E-state index contributed by atoms with van der Waals surface area (Å²) >= 11 is 0. The average molecular weight is 741 g/mol. The lowest BCUT2D eigenvalue weighted by atomic mass is 9.34. The van der Waals surface area contributed by atoms with Crippen molar-refractivity contribution >= 4 is 89.8 Å². The summed E-state index contributed by atoms with van der Waals surface area (Å²) in [6, 6.07) is 55.7. The number of aromatic nitrogens is 2. The van der Waals surface area contributed by atoms with Crippen LogP contribution >= 0.6 is 0 Å². The number of hydrogen-bond acceptors (Lipinski definition) is 0. The van der Waals surface area contributed by atoms with Gasteiger partial charge in [0, 0.05) is 44.0 Å². The Morgan fingerprint density at radius 1 is 0.362 bits per heavy atom. The normalized spacial score (nSPS) is 12.9. The van der Waals surface area contributed by atoms with Crippen molar-refractivity contribution in [2.75, 3.05) is 0 Å². The van der Waals surface area contributed by atoms with Crippen LogP contribution in [0.1, 0.15) is 33.4 Å². The van der Waals surface area contributed by atoms with Crippen molar-refractivity contribution in [2.45, 2.75) is 41.5 Å². The molecule has 0 bridgehead atoms. The van der Waals surface area contributed by atoms with E-state index in [0.717, 1.165) is 0 Å². The lowest BCUT2D eigenvalue weighted by Gasteiger charge is -2.29. The van der Waals surface area contributed by atoms with Gasteiger partial charge in [-0.25, -0.2) is 0 Å². The Labute approximate surface area is 340 Å². The predicted octanol–water partition coefficient (Wildman–Crippen LogP) is 9.06. The molecule has 0 N–H and O–H groups in total. The lowest BCUT2D eigenvalue weighted by molar-refractivity contribution is 1.19. The third-order valence-electron chi connectivity index (χ3n) is 13.6. The van der Waals surface area contributed by atoms with Gasteiger partial charge in [0.15, 0.2) is 0 Å². The van der Waals surface area contributed by atoms with Crippen molar-refractivity contribution in [2.24, 2.45) is 0 Å². The van der Waals surface area contributed by atoms with Crippen LogP contribution in [-0.2, 0) is 0 Å². The lowest BCUT2D eigenvalue weighted by Crippen LogP contribution is -2.57. The molecular weight excluding hydrogens is 698 g/mol. The van der Waals surface area contributed by atoms with Gasteiger partial charge in [-0.15, -0.1) is 0 Å². The first-order chi connectivity index (χ1) is 28.3. The molecule has 12 rings (SSSR count). The van der Waals surface area contributed by atoms with Gasteiger partial charge in [-0.05, 0) is 98.8 Å². The predicted molar refractivity (Wildman–Crippen MR) is 251 cm³/mol. The van der Waals surface area contributed by atoms with Crippen LogP contribution in [-0.4, -0.2) is 22.6 Å². The molecule has 0 saturated heterocycles. The first kappa shape index (κ1) is 33.6. The number of fused-ring (bicyclic) bond motifs is 10. The largest absolute Gasteiger partial charge is 0.310 e. The Bertz CT molecular complexity index is 3160. The van der Waals surface area contributed by atoms with Gasteiger partial charge in [-0.1, -0.05) is 166 Å². The van der Waals surface area contributed by atoms with E-state index in [1.807, 2.05) is 0 Å². The zero-order valence-electron chi connectivity index (χ0n) is 33.9. The highest BCUT2D eigenvalue weighted by Gasteiger charge is 2.37. The molecule has 0 aliphatic carbocycles. The summed E-state index contributed by atoms with van der Waals surface area (Å²) in [7, 11) is 0. The minimum atomic E-state index is 0.149. The zero-order chi connectivity index (χ0) is 39.1. The van der Waals surface area contributed by atoms with Crippen LogP contribution in [0.25, 0.3) is 66.1 Å². The van der Waals surface area contributed by atoms with Crippen molar-refractivity contribution < 1.29 is 0 Å². The molecule has 0 unspecified atom stereocenters. The number of aryl methyl sites for hydroxylation is 6. The number of hydrogen-bond donors (Lipinski definition) is 0. The van der Waals surface area contributed by atoms with E-state index in [2.05, 4.69) is 196 Å². The standard InChI is InChI=1S/C54H42B2N2/c1-31-27-33(3)51(34(4)28-31)55-41-19-7-9-23-45(41)57-47-25-13-15-37(49(47)39-17-11-21-43(55)53(39)57)38-16-14-26-48-50(38)40-18-12-22-44-54(40)58(48)46-24-10-8-20-42(46)56(44)52-35(5)29-32(2)30-36(52)6/h7-30H,1-6H3. The summed E-state index contributed by atoms with van der Waals surface area (Å²) in [6.45, 7) is 13.9. The smallest absolute Gasteiger partial charge is 0.247 e. The zero-order valence-corrected chi connectivity index (χ0v) is 33.9. The van der Waals surface area contributed by atoms with Crippen LogP contribution < -0.4 is 32.8 Å². The van der Waals surface area contributed by atoms with Crippen molar-refractivity contribution in [3.8, 4) is 22.5 Å². The summed E-state index contributed by atoms with van der Waals surface area (Å²) < 4.78 is 5.13. The van der Waals surface area contributed by atoms with Crippen molar-refractivity contribution in [3.05, 3.63) is 179 Å². The second-order valence-corrected chi connectivity index (χ2v) is 17.2. The van der Waals surface area contributed by atoms with Gasteiger partial charge in [-0.3, -0.25) is 0 Å². The molecule has 0 saturated carbocycles. The SMILES string of the molecule is Cc1cc(C)c(B2c3ccccc3-n3c4cccc(-c5cccc6c5c5cccc7c5n6-c5ccccc5B7c5c(C)cc(C)cc5C)c4c4cccc2c43)c(C)c1. The molecule has 4 heterocycles. The fourth-order valence-corrected chi connectivity index (χ4v) is 11.8. The summed E-state index contributed by atoms with van der Waals surface area (Å²) in [4.78, 5) is 0. The first-order valence-corrected chi connectivity index (χ1v) is 20.8. The third kappa shape index (κ3) is 4.35. The molecular formula is C54H42B2N2. The molecule has 2 aromatic heterocycles. The Hall–Kier alpha value is -6.51. The molecule has 0 spiro atoms. The number of benzene rings is 8. The second kappa shape index (κ2) is 12.0. The Kier molecular flexibility index (Phi) is 6.96. The van der Waals surface area contributed by atoms with Crippen molar-refractivity contribution in [3.63, 3.8) is 0 Å². The van der Waals surface area contributed by atoms with Crippen molar-refractivity contribution in [1.29, 1.82) is 0 Å². The summed E-state index contributed by atoms with van der Waals surface area (Å²) in [6.07, 6.45) is 0. The highest BCUT2D eigenvalue weighted by Crippen LogP contribution is 2.44. The molecule has 2 nitrogen and oxygen atoms in total. The number of nitrogens with zero attached hydrogens (tertiary/aromatic N) is 2. The van der Waals surface area contributed by atoms with E-state index in [1.54, 1.807) is 0 Å². The molecule has 8 aromatic carbocycles. The van der Waals surface area contributed by atoms with Crippen LogP contribution in [0.3, 0.4) is 0 Å². The van der Waals surface area contributed by atoms with Gasteiger partial charge in [0.1, 0.15) is 0 Å². The highest BCUT2D eigenvalue weighted by molar-refractivity contribution is 6.99. The molecule has 0 amide bonds. The monoisotopic (exact) mass is 740 g/mol. The molecule has 2 aliphatic heterocycles. The first-order valence-electron chi connectivity index (χ1n) is 20.8. The van der Waals surface area contributed by atoms with Crippen LogP contribution in [0, 0.1) is 41.5 Å². The fourth-order valence-electron chi connectivity index (χ4n) is 11.8. The summed E-state index contributed by atoms with van der Waals surface area (Å²) in [5, 5.41) is 5.25. The van der Waals surface area contributed by atoms with Crippen LogP contribution in [0.2, 0.25) is 0 Å². The van der Waals surface area contributed by atoms with E-state index < -0.39 is 0 Å². The molecule has 4 heteroatoms. The van der Waals surface area contributed by atoms with E-state index in [0.29, 0.717) is 0 Å². The van der Waals surface area contributed by atoms with Gasteiger partial charge >= 0.3 is 0 Å². The minimum absolute atomic E-state index is 0.149. The van der Waals surface area contributed by atoms with E-state index >= 15 is 0 Å². The number of para-hydroxylation sites is 4. The molecule has 0 radical (unpaired) electrons. The molecule has 10 aromatic rings. The van der Waals surface area contributed by atoms with E-state index in [1.165, 1.54) is 132 Å². The van der Waals surface area contributed by atoms with Crippen LogP contribution in [0.15, 0.2) is 146 Å². The molecule has 0 atom stereocenters. The topological polar surface area (TPSA) is 9.86 Å². The van der Waals surface area contributed by atoms with Crippen LogP contribution in [0.5, 0.6) is 0 Å². The second-order valence-electron chi connectivity index (χ2n) is 17.2. The Morgan fingerprint density at radius 3 is 1.14 bits per heavy atom. The summed E-state index contributed by atoms with van der Waals surface area (Å²) in [5.74, 6) is 0. The fraction of sp³-hybridized carbons (Fsp3) is 0.111. The van der Waals surface area contributed by atoms with Gasteiger partial charge < -0.3 is 9.13 Å². The average Bonchev–Trinajstić information content (AvgIpc) is 3.75. The van der Waals surface area contributed by atoms with Gasteiger partial charge in [-0.2, -0.15) is 0 Å².